The van der Waals surface area contributed by atoms with Crippen molar-refractivity contribution in [1.29, 1.82) is 0 Å². The maximum atomic E-state index is 14.1. The minimum atomic E-state index is -1.80. The lowest BCUT2D eigenvalue weighted by Gasteiger charge is -2.33. The van der Waals surface area contributed by atoms with E-state index < -0.39 is 30.7 Å². The number of aliphatic hydroxyl groups is 2. The molecule has 0 bridgehead atoms. The molecule has 106 valence electrons. The van der Waals surface area contributed by atoms with Crippen LogP contribution in [-0.4, -0.2) is 57.6 Å². The lowest BCUT2D eigenvalue weighted by Crippen LogP contribution is -2.47. The van der Waals surface area contributed by atoms with Gasteiger partial charge in [-0.1, -0.05) is 6.58 Å². The van der Waals surface area contributed by atoms with Gasteiger partial charge in [-0.05, 0) is 0 Å². The lowest BCUT2D eigenvalue weighted by atomic mass is 9.99. The summed E-state index contributed by atoms with van der Waals surface area (Å²) in [5.41, 5.74) is -1.57. The van der Waals surface area contributed by atoms with Crippen LogP contribution in [0.1, 0.15) is 0 Å². The van der Waals surface area contributed by atoms with Gasteiger partial charge in [-0.2, -0.15) is 0 Å². The third-order valence-electron chi connectivity index (χ3n) is 3.20. The summed E-state index contributed by atoms with van der Waals surface area (Å²) in [6.07, 6.45) is -2.12. The Bertz CT molecular complexity index is 427. The Morgan fingerprint density at radius 1 is 1.68 bits per heavy atom. The molecule has 1 fully saturated rings. The van der Waals surface area contributed by atoms with Gasteiger partial charge in [-0.25, -0.2) is 4.39 Å². The van der Waals surface area contributed by atoms with Crippen molar-refractivity contribution in [3.05, 3.63) is 24.7 Å². The molecule has 0 aliphatic carbocycles. The minimum absolute atomic E-state index is 0.121. The molecule has 0 unspecified atom stereocenters. The third-order valence-corrected chi connectivity index (χ3v) is 3.65. The van der Waals surface area contributed by atoms with Crippen molar-refractivity contribution in [2.45, 2.75) is 24.1 Å². The number of rotatable bonds is 3. The maximum absolute atomic E-state index is 14.1. The average molecular weight is 293 g/mol. The van der Waals surface area contributed by atoms with E-state index in [1.54, 1.807) is 0 Å². The molecule has 19 heavy (non-hydrogen) atoms. The van der Waals surface area contributed by atoms with Crippen molar-refractivity contribution >= 4 is 17.5 Å². The Balaban J connectivity index is 2.25. The number of carbonyl (C=O) groups is 1. The first-order chi connectivity index (χ1) is 8.95. The summed E-state index contributed by atoms with van der Waals surface area (Å²) in [6.45, 7) is 2.95. The Hall–Kier alpha value is -1.15. The van der Waals surface area contributed by atoms with Gasteiger partial charge in [0.15, 0.2) is 12.4 Å². The van der Waals surface area contributed by atoms with Crippen molar-refractivity contribution in [3.8, 4) is 0 Å². The van der Waals surface area contributed by atoms with E-state index >= 15 is 0 Å². The van der Waals surface area contributed by atoms with Gasteiger partial charge in [-0.3, -0.25) is 4.79 Å². The fourth-order valence-corrected chi connectivity index (χ4v) is 2.35. The van der Waals surface area contributed by atoms with Crippen LogP contribution >= 0.6 is 11.6 Å². The second-order valence-corrected chi connectivity index (χ2v) is 4.68. The smallest absolute Gasteiger partial charge is 0.250 e. The zero-order valence-electron chi connectivity index (χ0n) is 9.92. The molecule has 4 atom stereocenters. The molecule has 2 heterocycles. The van der Waals surface area contributed by atoms with Gasteiger partial charge >= 0.3 is 0 Å². The number of aliphatic hydroxyl groups excluding tert-OH is 2. The maximum Gasteiger partial charge on any atom is 0.250 e. The quantitative estimate of drug-likeness (QED) is 0.607. The number of amides is 1. The Morgan fingerprint density at radius 3 is 2.84 bits per heavy atom. The molecule has 0 radical (unpaired) electrons. The number of ether oxygens (including phenoxy) is 1. The van der Waals surface area contributed by atoms with Crippen LogP contribution in [0.2, 0.25) is 0 Å². The molecule has 0 spiro atoms. The second kappa shape index (κ2) is 5.09. The molecule has 0 saturated carbocycles. The largest absolute Gasteiger partial charge is 0.393 e. The predicted octanol–water partition coefficient (Wildman–Crippen LogP) is -0.572. The number of hydrogen-bond acceptors (Lipinski definition) is 5. The van der Waals surface area contributed by atoms with Gasteiger partial charge in [0.25, 0.3) is 5.91 Å². The highest BCUT2D eigenvalue weighted by atomic mass is 35.5. The van der Waals surface area contributed by atoms with E-state index in [1.165, 1.54) is 17.2 Å². The topological polar surface area (TPSA) is 82.0 Å². The molecule has 3 N–H and O–H groups in total. The van der Waals surface area contributed by atoms with Gasteiger partial charge < -0.3 is 25.2 Å². The Labute approximate surface area is 114 Å². The van der Waals surface area contributed by atoms with Crippen LogP contribution in [-0.2, 0) is 9.53 Å². The second-order valence-electron chi connectivity index (χ2n) is 4.41. The van der Waals surface area contributed by atoms with E-state index in [4.69, 9.17) is 16.3 Å². The van der Waals surface area contributed by atoms with Gasteiger partial charge in [0.1, 0.15) is 17.5 Å². The van der Waals surface area contributed by atoms with Crippen LogP contribution < -0.4 is 5.32 Å². The first kappa shape index (κ1) is 14.3. The van der Waals surface area contributed by atoms with Crippen LogP contribution in [0.15, 0.2) is 24.7 Å². The summed E-state index contributed by atoms with van der Waals surface area (Å²) in [5, 5.41) is 21.5. The molecule has 8 heteroatoms. The van der Waals surface area contributed by atoms with E-state index in [0.717, 1.165) is 0 Å². The molecule has 1 amide bonds. The van der Waals surface area contributed by atoms with E-state index in [2.05, 4.69) is 11.9 Å². The Kier molecular flexibility index (Phi) is 3.82. The molecule has 2 rings (SSSR count). The van der Waals surface area contributed by atoms with Crippen LogP contribution in [0.4, 0.5) is 4.39 Å². The Morgan fingerprint density at radius 2 is 2.37 bits per heavy atom. The zero-order valence-corrected chi connectivity index (χ0v) is 10.7. The average Bonchev–Trinajstić information content (AvgIpc) is 2.64. The summed E-state index contributed by atoms with van der Waals surface area (Å²) in [5.74, 6) is -0.533. The molecule has 0 aromatic carbocycles. The van der Waals surface area contributed by atoms with E-state index in [-0.39, 0.29) is 17.6 Å². The molecule has 0 aromatic heterocycles. The van der Waals surface area contributed by atoms with Crippen LogP contribution in [0.25, 0.3) is 0 Å². The lowest BCUT2D eigenvalue weighted by molar-refractivity contribution is -0.127. The molecule has 2 aliphatic heterocycles. The number of nitrogens with zero attached hydrogens (tertiary/aromatic N) is 1. The van der Waals surface area contributed by atoms with E-state index in [9.17, 15) is 19.4 Å². The van der Waals surface area contributed by atoms with Crippen LogP contribution in [0.3, 0.4) is 0 Å². The summed E-state index contributed by atoms with van der Waals surface area (Å²) < 4.78 is 19.5. The van der Waals surface area contributed by atoms with Gasteiger partial charge in [-0.15, -0.1) is 11.6 Å². The summed E-state index contributed by atoms with van der Waals surface area (Å²) in [4.78, 5) is 12.3. The van der Waals surface area contributed by atoms with Crippen molar-refractivity contribution < 1.29 is 24.1 Å². The SMILES string of the molecule is C=C1NC(=O)C=CN1[C@@H]1O[C@@](CO)(CCl)[C@@H](O)[C@H]1F. The molecule has 0 aromatic rings. The monoisotopic (exact) mass is 292 g/mol. The summed E-state index contributed by atoms with van der Waals surface area (Å²) >= 11 is 5.65. The number of hydrogen-bond donors (Lipinski definition) is 3. The predicted molar refractivity (Wildman–Crippen MR) is 64.6 cm³/mol. The van der Waals surface area contributed by atoms with Crippen LogP contribution in [0, 0.1) is 0 Å². The molecule has 2 aliphatic rings. The third kappa shape index (κ3) is 2.23. The van der Waals surface area contributed by atoms with Crippen molar-refractivity contribution in [3.63, 3.8) is 0 Å². The first-order valence-corrected chi connectivity index (χ1v) is 6.12. The highest BCUT2D eigenvalue weighted by Crippen LogP contribution is 2.36. The molecule has 6 nitrogen and oxygen atoms in total. The molecular weight excluding hydrogens is 279 g/mol. The highest BCUT2D eigenvalue weighted by Gasteiger charge is 2.56. The fraction of sp³-hybridized carbons (Fsp3) is 0.545. The summed E-state index contributed by atoms with van der Waals surface area (Å²) in [6, 6.07) is 0. The molecular formula is C11H14ClFN2O4. The number of halogens is 2. The standard InChI is InChI=1S/C11H14ClFN2O4/c1-6-14-7(17)2-3-15(6)10-8(13)9(18)11(4-12,5-16)19-10/h2-3,8-10,16,18H,1,4-5H2,(H,14,17)/t8-,9+,10-,11-/m1/s1. The van der Waals surface area contributed by atoms with Gasteiger partial charge in [0, 0.05) is 12.3 Å². The number of nitrogens with one attached hydrogen (secondary N) is 1. The number of alkyl halides is 2. The van der Waals surface area contributed by atoms with Crippen molar-refractivity contribution in [2.24, 2.45) is 0 Å². The van der Waals surface area contributed by atoms with Crippen molar-refractivity contribution in [2.75, 3.05) is 12.5 Å². The normalized spacial score (nSPS) is 38.7. The minimum Gasteiger partial charge on any atom is -0.393 e. The summed E-state index contributed by atoms with van der Waals surface area (Å²) in [7, 11) is 0. The van der Waals surface area contributed by atoms with Gasteiger partial charge in [0.2, 0.25) is 0 Å². The van der Waals surface area contributed by atoms with Crippen LogP contribution in [0.5, 0.6) is 0 Å². The fourth-order valence-electron chi connectivity index (χ4n) is 2.04. The zero-order chi connectivity index (χ0) is 14.2. The highest BCUT2D eigenvalue weighted by molar-refractivity contribution is 6.18. The van der Waals surface area contributed by atoms with Gasteiger partial charge in [0.05, 0.1) is 12.5 Å². The van der Waals surface area contributed by atoms with Crippen molar-refractivity contribution in [1.82, 2.24) is 10.2 Å². The van der Waals surface area contributed by atoms with E-state index in [1.807, 2.05) is 0 Å². The number of carbonyl (C=O) groups excluding carboxylic acids is 1. The first-order valence-electron chi connectivity index (χ1n) is 5.58. The molecule has 1 saturated heterocycles. The van der Waals surface area contributed by atoms with E-state index in [0.29, 0.717) is 0 Å².